The Labute approximate surface area is 132 Å². The molecule has 2 aromatic rings. The van der Waals surface area contributed by atoms with Crippen LogP contribution in [0.4, 0.5) is 5.82 Å². The van der Waals surface area contributed by atoms with Gasteiger partial charge in [0.05, 0.1) is 13.3 Å². The first-order valence-electron chi connectivity index (χ1n) is 5.84. The molecule has 7 heteroatoms. The van der Waals surface area contributed by atoms with E-state index < -0.39 is 0 Å². The van der Waals surface area contributed by atoms with Crippen LogP contribution >= 0.6 is 34.8 Å². The Morgan fingerprint density at radius 3 is 2.70 bits per heavy atom. The number of nitrogens with zero attached hydrogens (tertiary/aromatic N) is 2. The van der Waals surface area contributed by atoms with Gasteiger partial charge in [-0.05, 0) is 24.1 Å². The van der Waals surface area contributed by atoms with Crippen molar-refractivity contribution in [1.29, 1.82) is 0 Å². The monoisotopic (exact) mass is 331 g/mol. The highest BCUT2D eigenvalue weighted by atomic mass is 35.5. The molecule has 0 amide bonds. The molecule has 0 saturated heterocycles. The Hall–Kier alpha value is -1.23. The van der Waals surface area contributed by atoms with E-state index in [2.05, 4.69) is 15.3 Å². The quantitative estimate of drug-likeness (QED) is 0.895. The third-order valence-electron chi connectivity index (χ3n) is 2.61. The van der Waals surface area contributed by atoms with Crippen LogP contribution in [0.1, 0.15) is 5.56 Å². The lowest BCUT2D eigenvalue weighted by Gasteiger charge is -2.09. The van der Waals surface area contributed by atoms with Gasteiger partial charge in [0.25, 0.3) is 0 Å². The van der Waals surface area contributed by atoms with E-state index in [1.165, 1.54) is 13.3 Å². The second kappa shape index (κ2) is 6.97. The van der Waals surface area contributed by atoms with E-state index in [9.17, 15) is 0 Å². The molecule has 1 aromatic carbocycles. The maximum atomic E-state index is 6.11. The van der Waals surface area contributed by atoms with E-state index >= 15 is 0 Å². The van der Waals surface area contributed by atoms with Gasteiger partial charge in [0.15, 0.2) is 5.82 Å². The standard InChI is InChI=1S/C13H12Cl3N3O/c1-20-13-18-7-11(16)12(19-13)17-5-4-8-2-3-9(14)6-10(8)15/h2-3,6-7H,4-5H2,1H3,(H,17,18,19). The van der Waals surface area contributed by atoms with E-state index in [0.717, 1.165) is 12.0 Å². The van der Waals surface area contributed by atoms with Crippen LogP contribution in [-0.2, 0) is 6.42 Å². The van der Waals surface area contributed by atoms with Gasteiger partial charge in [-0.1, -0.05) is 40.9 Å². The average Bonchev–Trinajstić information content (AvgIpc) is 2.43. The zero-order valence-electron chi connectivity index (χ0n) is 10.7. The van der Waals surface area contributed by atoms with Crippen molar-refractivity contribution in [2.75, 3.05) is 19.0 Å². The number of aromatic nitrogens is 2. The summed E-state index contributed by atoms with van der Waals surface area (Å²) >= 11 is 18.0. The first-order valence-corrected chi connectivity index (χ1v) is 6.98. The van der Waals surface area contributed by atoms with Crippen LogP contribution in [0.3, 0.4) is 0 Å². The number of benzene rings is 1. The summed E-state index contributed by atoms with van der Waals surface area (Å²) in [6.45, 7) is 0.626. The molecule has 2 rings (SSSR count). The smallest absolute Gasteiger partial charge is 0.318 e. The maximum Gasteiger partial charge on any atom is 0.318 e. The minimum Gasteiger partial charge on any atom is -0.467 e. The van der Waals surface area contributed by atoms with Crippen LogP contribution in [-0.4, -0.2) is 23.6 Å². The van der Waals surface area contributed by atoms with Crippen molar-refractivity contribution in [1.82, 2.24) is 9.97 Å². The molecule has 0 unspecified atom stereocenters. The first kappa shape index (κ1) is 15.2. The lowest BCUT2D eigenvalue weighted by atomic mass is 10.1. The van der Waals surface area contributed by atoms with Crippen LogP contribution in [0.5, 0.6) is 6.01 Å². The van der Waals surface area contributed by atoms with Gasteiger partial charge in [0.1, 0.15) is 5.02 Å². The fourth-order valence-corrected chi connectivity index (χ4v) is 2.27. The molecule has 0 aliphatic rings. The van der Waals surface area contributed by atoms with Gasteiger partial charge in [-0.15, -0.1) is 0 Å². The number of nitrogens with one attached hydrogen (secondary N) is 1. The molecule has 0 aliphatic carbocycles. The third kappa shape index (κ3) is 3.88. The van der Waals surface area contributed by atoms with Gasteiger partial charge in [-0.3, -0.25) is 0 Å². The number of hydrogen-bond donors (Lipinski definition) is 1. The highest BCUT2D eigenvalue weighted by molar-refractivity contribution is 6.35. The van der Waals surface area contributed by atoms with Crippen molar-refractivity contribution in [3.8, 4) is 6.01 Å². The molecule has 0 aliphatic heterocycles. The molecule has 1 N–H and O–H groups in total. The molecule has 20 heavy (non-hydrogen) atoms. The second-order valence-electron chi connectivity index (χ2n) is 3.97. The van der Waals surface area contributed by atoms with Gasteiger partial charge in [0, 0.05) is 16.6 Å². The van der Waals surface area contributed by atoms with Crippen molar-refractivity contribution in [3.05, 3.63) is 45.0 Å². The molecular formula is C13H12Cl3N3O. The topological polar surface area (TPSA) is 47.0 Å². The molecule has 4 nitrogen and oxygen atoms in total. The van der Waals surface area contributed by atoms with Crippen molar-refractivity contribution in [3.63, 3.8) is 0 Å². The number of halogens is 3. The van der Waals surface area contributed by atoms with Gasteiger partial charge in [-0.25, -0.2) is 4.98 Å². The molecule has 0 atom stereocenters. The molecule has 0 bridgehead atoms. The Balaban J connectivity index is 1.99. The van der Waals surface area contributed by atoms with E-state index in [0.29, 0.717) is 27.4 Å². The first-order chi connectivity index (χ1) is 9.60. The number of rotatable bonds is 5. The predicted octanol–water partition coefficient (Wildman–Crippen LogP) is 4.10. The maximum absolute atomic E-state index is 6.11. The minimum absolute atomic E-state index is 0.265. The van der Waals surface area contributed by atoms with Crippen molar-refractivity contribution in [2.45, 2.75) is 6.42 Å². The second-order valence-corrected chi connectivity index (χ2v) is 5.22. The van der Waals surface area contributed by atoms with Gasteiger partial charge in [-0.2, -0.15) is 4.98 Å². The van der Waals surface area contributed by atoms with E-state index in [4.69, 9.17) is 39.5 Å². The average molecular weight is 333 g/mol. The number of methoxy groups -OCH3 is 1. The fourth-order valence-electron chi connectivity index (χ4n) is 1.61. The van der Waals surface area contributed by atoms with Crippen LogP contribution in [0.2, 0.25) is 15.1 Å². The number of hydrogen-bond acceptors (Lipinski definition) is 4. The SMILES string of the molecule is COc1ncc(Cl)c(NCCc2ccc(Cl)cc2Cl)n1. The summed E-state index contributed by atoms with van der Waals surface area (Å²) in [5, 5.41) is 4.83. The predicted molar refractivity (Wildman–Crippen MR) is 82.2 cm³/mol. The molecule has 0 spiro atoms. The van der Waals surface area contributed by atoms with Gasteiger partial charge >= 0.3 is 6.01 Å². The Morgan fingerprint density at radius 2 is 2.00 bits per heavy atom. The van der Waals surface area contributed by atoms with Crippen molar-refractivity contribution < 1.29 is 4.74 Å². The van der Waals surface area contributed by atoms with Crippen LogP contribution in [0.25, 0.3) is 0 Å². The molecular weight excluding hydrogens is 321 g/mol. The Morgan fingerprint density at radius 1 is 1.20 bits per heavy atom. The normalized spacial score (nSPS) is 10.4. The third-order valence-corrected chi connectivity index (χ3v) is 3.47. The highest BCUT2D eigenvalue weighted by Crippen LogP contribution is 2.23. The fraction of sp³-hybridized carbons (Fsp3) is 0.231. The van der Waals surface area contributed by atoms with E-state index in [1.54, 1.807) is 6.07 Å². The molecule has 0 saturated carbocycles. The molecule has 1 aromatic heterocycles. The van der Waals surface area contributed by atoms with Gasteiger partial charge < -0.3 is 10.1 Å². The van der Waals surface area contributed by atoms with E-state index in [1.807, 2.05) is 12.1 Å². The largest absolute Gasteiger partial charge is 0.467 e. The summed E-state index contributed by atoms with van der Waals surface area (Å²) in [6.07, 6.45) is 2.21. The van der Waals surface area contributed by atoms with E-state index in [-0.39, 0.29) is 6.01 Å². The lowest BCUT2D eigenvalue weighted by Crippen LogP contribution is -2.08. The van der Waals surface area contributed by atoms with Crippen molar-refractivity contribution in [2.24, 2.45) is 0 Å². The number of ether oxygens (including phenoxy) is 1. The summed E-state index contributed by atoms with van der Waals surface area (Å²) in [5.74, 6) is 0.531. The Bertz CT molecular complexity index is 607. The summed E-state index contributed by atoms with van der Waals surface area (Å²) in [5.41, 5.74) is 1.00. The molecule has 0 fully saturated rings. The molecule has 0 radical (unpaired) electrons. The zero-order chi connectivity index (χ0) is 14.5. The van der Waals surface area contributed by atoms with Crippen LogP contribution < -0.4 is 10.1 Å². The number of anilines is 1. The van der Waals surface area contributed by atoms with Crippen LogP contribution in [0, 0.1) is 0 Å². The summed E-state index contributed by atoms with van der Waals surface area (Å²) in [4.78, 5) is 8.03. The van der Waals surface area contributed by atoms with Gasteiger partial charge in [0.2, 0.25) is 0 Å². The molecule has 1 heterocycles. The molecule has 106 valence electrons. The van der Waals surface area contributed by atoms with Crippen molar-refractivity contribution >= 4 is 40.6 Å². The Kier molecular flexibility index (Phi) is 5.29. The minimum atomic E-state index is 0.265. The summed E-state index contributed by atoms with van der Waals surface area (Å²) < 4.78 is 4.95. The highest BCUT2D eigenvalue weighted by Gasteiger charge is 2.06. The summed E-state index contributed by atoms with van der Waals surface area (Å²) in [6, 6.07) is 5.69. The summed E-state index contributed by atoms with van der Waals surface area (Å²) in [7, 11) is 1.50. The van der Waals surface area contributed by atoms with Crippen LogP contribution in [0.15, 0.2) is 24.4 Å². The zero-order valence-corrected chi connectivity index (χ0v) is 12.9. The lowest BCUT2D eigenvalue weighted by molar-refractivity contribution is 0.380.